The molecule has 1 heterocycles. The lowest BCUT2D eigenvalue weighted by Gasteiger charge is -2.28. The van der Waals surface area contributed by atoms with Crippen LogP contribution in [0.1, 0.15) is 38.3 Å². The fraction of sp³-hybridized carbons (Fsp3) is 0.647. The van der Waals surface area contributed by atoms with E-state index < -0.39 is 6.10 Å². The number of benzene rings is 1. The highest BCUT2D eigenvalue weighted by Crippen LogP contribution is 2.36. The van der Waals surface area contributed by atoms with E-state index in [0.717, 1.165) is 25.1 Å². The number of methoxy groups -OCH3 is 1. The maximum atomic E-state index is 10.2. The molecule has 0 saturated carbocycles. The Balaban J connectivity index is 2.00. The van der Waals surface area contributed by atoms with E-state index in [0.29, 0.717) is 19.2 Å². The molecule has 1 aliphatic rings. The van der Waals surface area contributed by atoms with Crippen LogP contribution in [0.2, 0.25) is 0 Å². The quantitative estimate of drug-likeness (QED) is 0.839. The maximum Gasteiger partial charge on any atom is 0.123 e. The molecule has 0 radical (unpaired) electrons. The zero-order chi connectivity index (χ0) is 15.2. The monoisotopic (exact) mass is 293 g/mol. The summed E-state index contributed by atoms with van der Waals surface area (Å²) in [4.78, 5) is 2.34. The number of para-hydroxylation sites is 1. The molecule has 1 aromatic rings. The van der Waals surface area contributed by atoms with Gasteiger partial charge in [-0.2, -0.15) is 0 Å². The van der Waals surface area contributed by atoms with Gasteiger partial charge < -0.3 is 14.6 Å². The lowest BCUT2D eigenvalue weighted by molar-refractivity contribution is -0.0102. The maximum absolute atomic E-state index is 10.2. The largest absolute Gasteiger partial charge is 0.496 e. The molecule has 0 amide bonds. The number of hydrogen-bond acceptors (Lipinski definition) is 4. The van der Waals surface area contributed by atoms with Crippen LogP contribution in [0.5, 0.6) is 5.75 Å². The highest BCUT2D eigenvalue weighted by molar-refractivity contribution is 5.36. The molecule has 21 heavy (non-hydrogen) atoms. The third kappa shape index (κ3) is 4.43. The summed E-state index contributed by atoms with van der Waals surface area (Å²) in [7, 11) is 1.71. The zero-order valence-electron chi connectivity index (χ0n) is 13.3. The molecule has 0 spiro atoms. The van der Waals surface area contributed by atoms with Crippen molar-refractivity contribution < 1.29 is 14.6 Å². The Morgan fingerprint density at radius 2 is 2.10 bits per heavy atom. The zero-order valence-corrected chi connectivity index (χ0v) is 13.3. The summed E-state index contributed by atoms with van der Waals surface area (Å²) in [5, 5.41) is 10.2. The number of ether oxygens (including phenoxy) is 2. The number of nitrogens with zero attached hydrogens (tertiary/aromatic N) is 1. The molecule has 0 aromatic heterocycles. The second-order valence-electron chi connectivity index (χ2n) is 5.93. The average Bonchev–Trinajstić information content (AvgIpc) is 2.93. The predicted molar refractivity (Wildman–Crippen MR) is 83.6 cm³/mol. The van der Waals surface area contributed by atoms with Crippen LogP contribution in [0.15, 0.2) is 24.3 Å². The van der Waals surface area contributed by atoms with Gasteiger partial charge in [0.05, 0.1) is 25.9 Å². The van der Waals surface area contributed by atoms with E-state index in [9.17, 15) is 5.11 Å². The van der Waals surface area contributed by atoms with Crippen LogP contribution in [0.4, 0.5) is 0 Å². The number of hydrogen-bond donors (Lipinski definition) is 1. The van der Waals surface area contributed by atoms with Gasteiger partial charge in [-0.1, -0.05) is 18.2 Å². The Morgan fingerprint density at radius 3 is 2.81 bits per heavy atom. The van der Waals surface area contributed by atoms with Crippen LogP contribution in [0.25, 0.3) is 0 Å². The molecule has 4 heteroatoms. The first-order valence-electron chi connectivity index (χ1n) is 7.78. The Hall–Kier alpha value is -1.10. The van der Waals surface area contributed by atoms with Crippen LogP contribution >= 0.6 is 0 Å². The van der Waals surface area contributed by atoms with Crippen molar-refractivity contribution >= 4 is 0 Å². The van der Waals surface area contributed by atoms with Crippen LogP contribution < -0.4 is 4.74 Å². The van der Waals surface area contributed by atoms with Gasteiger partial charge in [0.25, 0.3) is 0 Å². The molecule has 0 aliphatic carbocycles. The standard InChI is InChI=1S/C17H27NO3/c1-13(2)21-12-14(19)11-18-10-6-8-16(18)15-7-4-5-9-17(15)20-3/h4-5,7,9,13-14,16,19H,6,8,10-12H2,1-3H3. The summed E-state index contributed by atoms with van der Waals surface area (Å²) in [6, 6.07) is 8.50. The smallest absolute Gasteiger partial charge is 0.123 e. The normalized spacial score (nSPS) is 20.9. The molecular formula is C17H27NO3. The average molecular weight is 293 g/mol. The van der Waals surface area contributed by atoms with Crippen LogP contribution in [-0.2, 0) is 4.74 Å². The van der Waals surface area contributed by atoms with Crippen molar-refractivity contribution in [2.24, 2.45) is 0 Å². The molecule has 1 aromatic carbocycles. The van der Waals surface area contributed by atoms with E-state index >= 15 is 0 Å². The number of β-amino-alcohol motifs (C(OH)–C–C–N with tert-alkyl or cyclic N) is 1. The minimum atomic E-state index is -0.442. The van der Waals surface area contributed by atoms with Crippen molar-refractivity contribution in [1.29, 1.82) is 0 Å². The first-order chi connectivity index (χ1) is 10.1. The van der Waals surface area contributed by atoms with E-state index in [4.69, 9.17) is 9.47 Å². The number of aliphatic hydroxyl groups is 1. The molecule has 2 atom stereocenters. The van der Waals surface area contributed by atoms with E-state index in [2.05, 4.69) is 11.0 Å². The summed E-state index contributed by atoms with van der Waals surface area (Å²) < 4.78 is 11.0. The third-order valence-electron chi connectivity index (χ3n) is 3.93. The molecule has 2 unspecified atom stereocenters. The van der Waals surface area contributed by atoms with E-state index in [1.54, 1.807) is 7.11 Å². The minimum Gasteiger partial charge on any atom is -0.496 e. The lowest BCUT2D eigenvalue weighted by Crippen LogP contribution is -2.35. The van der Waals surface area contributed by atoms with Crippen LogP contribution in [-0.4, -0.2) is 49.0 Å². The molecule has 2 rings (SSSR count). The van der Waals surface area contributed by atoms with Crippen molar-refractivity contribution in [2.75, 3.05) is 26.8 Å². The van der Waals surface area contributed by atoms with Gasteiger partial charge in [0.15, 0.2) is 0 Å². The van der Waals surface area contributed by atoms with Crippen LogP contribution in [0.3, 0.4) is 0 Å². The van der Waals surface area contributed by atoms with Gasteiger partial charge in [-0.15, -0.1) is 0 Å². The van der Waals surface area contributed by atoms with Crippen molar-refractivity contribution in [3.8, 4) is 5.75 Å². The summed E-state index contributed by atoms with van der Waals surface area (Å²) >= 11 is 0. The van der Waals surface area contributed by atoms with Gasteiger partial charge in [-0.3, -0.25) is 4.90 Å². The molecule has 4 nitrogen and oxygen atoms in total. The Kier molecular flexibility index (Phi) is 6.03. The van der Waals surface area contributed by atoms with Gasteiger partial charge in [0, 0.05) is 18.2 Å². The van der Waals surface area contributed by atoms with Gasteiger partial charge >= 0.3 is 0 Å². The summed E-state index contributed by atoms with van der Waals surface area (Å²) in [5.41, 5.74) is 1.22. The van der Waals surface area contributed by atoms with Gasteiger partial charge in [-0.05, 0) is 39.3 Å². The molecule has 118 valence electrons. The Morgan fingerprint density at radius 1 is 1.33 bits per heavy atom. The van der Waals surface area contributed by atoms with E-state index in [-0.39, 0.29) is 6.10 Å². The fourth-order valence-electron chi connectivity index (χ4n) is 2.97. The molecule has 0 bridgehead atoms. The molecule has 1 saturated heterocycles. The van der Waals surface area contributed by atoms with Crippen molar-refractivity contribution in [1.82, 2.24) is 4.90 Å². The lowest BCUT2D eigenvalue weighted by atomic mass is 10.0. The highest BCUT2D eigenvalue weighted by Gasteiger charge is 2.29. The van der Waals surface area contributed by atoms with Gasteiger partial charge in [-0.25, -0.2) is 0 Å². The predicted octanol–water partition coefficient (Wildman–Crippen LogP) is 2.62. The van der Waals surface area contributed by atoms with E-state index in [1.807, 2.05) is 32.0 Å². The second-order valence-corrected chi connectivity index (χ2v) is 5.93. The van der Waals surface area contributed by atoms with Crippen molar-refractivity contribution in [3.63, 3.8) is 0 Å². The first-order valence-corrected chi connectivity index (χ1v) is 7.78. The minimum absolute atomic E-state index is 0.156. The van der Waals surface area contributed by atoms with Crippen molar-refractivity contribution in [3.05, 3.63) is 29.8 Å². The number of rotatable bonds is 7. The molecule has 1 N–H and O–H groups in total. The van der Waals surface area contributed by atoms with Gasteiger partial charge in [0.2, 0.25) is 0 Å². The highest BCUT2D eigenvalue weighted by atomic mass is 16.5. The molecule has 1 fully saturated rings. The molecular weight excluding hydrogens is 266 g/mol. The fourth-order valence-corrected chi connectivity index (χ4v) is 2.97. The van der Waals surface area contributed by atoms with Crippen LogP contribution in [0, 0.1) is 0 Å². The summed E-state index contributed by atoms with van der Waals surface area (Å²) in [5.74, 6) is 0.933. The van der Waals surface area contributed by atoms with Gasteiger partial charge in [0.1, 0.15) is 5.75 Å². The Bertz CT molecular complexity index is 436. The number of likely N-dealkylation sites (tertiary alicyclic amines) is 1. The third-order valence-corrected chi connectivity index (χ3v) is 3.93. The summed E-state index contributed by atoms with van der Waals surface area (Å²) in [6.45, 7) is 6.03. The van der Waals surface area contributed by atoms with E-state index in [1.165, 1.54) is 5.56 Å². The topological polar surface area (TPSA) is 41.9 Å². The summed E-state index contributed by atoms with van der Waals surface area (Å²) in [6.07, 6.45) is 1.98. The second kappa shape index (κ2) is 7.78. The van der Waals surface area contributed by atoms with Crippen molar-refractivity contribution in [2.45, 2.75) is 44.9 Å². The molecule has 1 aliphatic heterocycles. The number of aliphatic hydroxyl groups excluding tert-OH is 1. The SMILES string of the molecule is COc1ccccc1C1CCCN1CC(O)COC(C)C. The Labute approximate surface area is 127 Å². The first kappa shape index (κ1) is 16.3.